The molecule has 0 fully saturated rings. The van der Waals surface area contributed by atoms with Crippen molar-refractivity contribution in [2.75, 3.05) is 14.2 Å². The lowest BCUT2D eigenvalue weighted by Gasteiger charge is -2.17. The van der Waals surface area contributed by atoms with Crippen LogP contribution in [0.5, 0.6) is 17.2 Å². The Morgan fingerprint density at radius 3 is 2.27 bits per heavy atom. The zero-order valence-corrected chi connectivity index (χ0v) is 18.4. The summed E-state index contributed by atoms with van der Waals surface area (Å²) >= 11 is 6.24. The third-order valence-corrected chi connectivity index (χ3v) is 4.38. The predicted octanol–water partition coefficient (Wildman–Crippen LogP) is 4.01. The third kappa shape index (κ3) is 6.29. The summed E-state index contributed by atoms with van der Waals surface area (Å²) in [4.78, 5) is 24.8. The highest BCUT2D eigenvalue weighted by molar-refractivity contribution is 6.32. The molecule has 2 rings (SSSR count). The lowest BCUT2D eigenvalue weighted by atomic mass is 10.2. The highest BCUT2D eigenvalue weighted by Crippen LogP contribution is 2.37. The van der Waals surface area contributed by atoms with Crippen LogP contribution < -0.4 is 19.5 Å². The summed E-state index contributed by atoms with van der Waals surface area (Å²) in [5, 5.41) is 2.94. The highest BCUT2D eigenvalue weighted by atomic mass is 35.5. The minimum atomic E-state index is -0.993. The van der Waals surface area contributed by atoms with Crippen LogP contribution in [0.2, 0.25) is 5.02 Å². The molecule has 1 amide bonds. The minimum Gasteiger partial charge on any atom is -0.497 e. The standard InChI is InChI=1S/C22H26ClNO6/c1-13(2)29-20-18(23)10-16(11-19(20)28-5)22(26)30-14(3)21(25)24-12-15-6-8-17(27-4)9-7-15/h6-11,13-14H,12H2,1-5H3,(H,24,25). The van der Waals surface area contributed by atoms with Gasteiger partial charge in [0.25, 0.3) is 5.91 Å². The van der Waals surface area contributed by atoms with Crippen LogP contribution in [0.1, 0.15) is 36.7 Å². The van der Waals surface area contributed by atoms with Gasteiger partial charge in [0, 0.05) is 6.54 Å². The highest BCUT2D eigenvalue weighted by Gasteiger charge is 2.22. The maximum atomic E-state index is 12.5. The van der Waals surface area contributed by atoms with Crippen molar-refractivity contribution in [1.29, 1.82) is 0 Å². The maximum Gasteiger partial charge on any atom is 0.339 e. The van der Waals surface area contributed by atoms with Crippen molar-refractivity contribution in [1.82, 2.24) is 5.32 Å². The van der Waals surface area contributed by atoms with Crippen LogP contribution in [0, 0.1) is 0 Å². The second-order valence-electron chi connectivity index (χ2n) is 6.77. The number of carbonyl (C=O) groups excluding carboxylic acids is 2. The Labute approximate surface area is 181 Å². The summed E-state index contributed by atoms with van der Waals surface area (Å²) in [5.74, 6) is 0.262. The molecule has 0 saturated carbocycles. The van der Waals surface area contributed by atoms with E-state index in [4.69, 9.17) is 30.5 Å². The van der Waals surface area contributed by atoms with Gasteiger partial charge in [-0.05, 0) is 50.6 Å². The van der Waals surface area contributed by atoms with E-state index in [0.29, 0.717) is 18.0 Å². The van der Waals surface area contributed by atoms with Crippen molar-refractivity contribution >= 4 is 23.5 Å². The van der Waals surface area contributed by atoms with Crippen LogP contribution in [0.4, 0.5) is 0 Å². The normalized spacial score (nSPS) is 11.6. The van der Waals surface area contributed by atoms with Gasteiger partial charge in [0.1, 0.15) is 5.75 Å². The molecule has 1 unspecified atom stereocenters. The number of hydrogen-bond acceptors (Lipinski definition) is 6. The smallest absolute Gasteiger partial charge is 0.339 e. The molecular weight excluding hydrogens is 410 g/mol. The monoisotopic (exact) mass is 435 g/mol. The van der Waals surface area contributed by atoms with E-state index in [1.165, 1.54) is 26.2 Å². The first kappa shape index (κ1) is 23.3. The van der Waals surface area contributed by atoms with Crippen molar-refractivity contribution in [3.05, 3.63) is 52.5 Å². The molecule has 0 aliphatic carbocycles. The van der Waals surface area contributed by atoms with Gasteiger partial charge >= 0.3 is 5.97 Å². The molecule has 2 aromatic carbocycles. The summed E-state index contributed by atoms with van der Waals surface area (Å²) in [7, 11) is 3.03. The zero-order valence-electron chi connectivity index (χ0n) is 17.7. The van der Waals surface area contributed by atoms with E-state index in [1.54, 1.807) is 19.2 Å². The molecule has 0 heterocycles. The average Bonchev–Trinajstić information content (AvgIpc) is 2.73. The van der Waals surface area contributed by atoms with Gasteiger partial charge in [-0.1, -0.05) is 23.7 Å². The molecule has 8 heteroatoms. The largest absolute Gasteiger partial charge is 0.497 e. The van der Waals surface area contributed by atoms with Crippen molar-refractivity contribution in [2.45, 2.75) is 39.5 Å². The Hall–Kier alpha value is -2.93. The van der Waals surface area contributed by atoms with Crippen LogP contribution in [0.3, 0.4) is 0 Å². The minimum absolute atomic E-state index is 0.122. The Balaban J connectivity index is 2.00. The van der Waals surface area contributed by atoms with Gasteiger partial charge in [0.05, 0.1) is 30.9 Å². The summed E-state index contributed by atoms with van der Waals surface area (Å²) in [6.07, 6.45) is -1.12. The van der Waals surface area contributed by atoms with Gasteiger partial charge in [0.15, 0.2) is 17.6 Å². The molecule has 0 bridgehead atoms. The van der Waals surface area contributed by atoms with Gasteiger partial charge in [-0.2, -0.15) is 0 Å². The van der Waals surface area contributed by atoms with Gasteiger partial charge < -0.3 is 24.3 Å². The number of amides is 1. The van der Waals surface area contributed by atoms with Crippen molar-refractivity contribution in [3.8, 4) is 17.2 Å². The van der Waals surface area contributed by atoms with Crippen molar-refractivity contribution < 1.29 is 28.5 Å². The lowest BCUT2D eigenvalue weighted by molar-refractivity contribution is -0.129. The Morgan fingerprint density at radius 2 is 1.70 bits per heavy atom. The Kier molecular flexibility index (Phi) is 8.35. The van der Waals surface area contributed by atoms with Gasteiger partial charge in [0.2, 0.25) is 0 Å². The number of rotatable bonds is 9. The van der Waals surface area contributed by atoms with E-state index in [1.807, 2.05) is 26.0 Å². The SMILES string of the molecule is COc1ccc(CNC(=O)C(C)OC(=O)c2cc(Cl)c(OC(C)C)c(OC)c2)cc1. The summed E-state index contributed by atoms with van der Waals surface area (Å²) in [5.41, 5.74) is 1.04. The van der Waals surface area contributed by atoms with Gasteiger partial charge in [-0.25, -0.2) is 4.79 Å². The molecule has 0 saturated heterocycles. The van der Waals surface area contributed by atoms with E-state index in [2.05, 4.69) is 5.32 Å². The third-order valence-electron chi connectivity index (χ3n) is 4.10. The molecular formula is C22H26ClNO6. The summed E-state index contributed by atoms with van der Waals surface area (Å²) in [6.45, 7) is 5.50. The zero-order chi connectivity index (χ0) is 22.3. The second kappa shape index (κ2) is 10.7. The number of ether oxygens (including phenoxy) is 4. The summed E-state index contributed by atoms with van der Waals surface area (Å²) < 4.78 is 21.3. The molecule has 1 N–H and O–H groups in total. The predicted molar refractivity (Wildman–Crippen MR) is 113 cm³/mol. The lowest BCUT2D eigenvalue weighted by Crippen LogP contribution is -2.35. The first-order valence-corrected chi connectivity index (χ1v) is 9.78. The van der Waals surface area contributed by atoms with Gasteiger partial charge in [-0.15, -0.1) is 0 Å². The molecule has 0 aliphatic heterocycles. The average molecular weight is 436 g/mol. The Bertz CT molecular complexity index is 882. The molecule has 1 atom stereocenters. The number of methoxy groups -OCH3 is 2. The molecule has 7 nitrogen and oxygen atoms in total. The van der Waals surface area contributed by atoms with E-state index < -0.39 is 18.0 Å². The van der Waals surface area contributed by atoms with Crippen LogP contribution in [0.15, 0.2) is 36.4 Å². The molecule has 30 heavy (non-hydrogen) atoms. The number of carbonyl (C=O) groups is 2. The molecule has 0 radical (unpaired) electrons. The number of halogens is 1. The molecule has 162 valence electrons. The fraction of sp³-hybridized carbons (Fsp3) is 0.364. The van der Waals surface area contributed by atoms with E-state index in [0.717, 1.165) is 11.3 Å². The first-order chi connectivity index (χ1) is 14.2. The fourth-order valence-corrected chi connectivity index (χ4v) is 2.80. The van der Waals surface area contributed by atoms with Crippen LogP contribution >= 0.6 is 11.6 Å². The molecule has 0 spiro atoms. The van der Waals surface area contributed by atoms with Crippen LogP contribution in [-0.2, 0) is 16.1 Å². The number of nitrogens with one attached hydrogen (secondary N) is 1. The Morgan fingerprint density at radius 1 is 1.03 bits per heavy atom. The fourth-order valence-electron chi connectivity index (χ4n) is 2.55. The topological polar surface area (TPSA) is 83.1 Å². The molecule has 0 aromatic heterocycles. The van der Waals surface area contributed by atoms with E-state index in [-0.39, 0.29) is 16.7 Å². The second-order valence-corrected chi connectivity index (χ2v) is 7.18. The summed E-state index contributed by atoms with van der Waals surface area (Å²) in [6, 6.07) is 10.2. The molecule has 0 aliphatic rings. The van der Waals surface area contributed by atoms with E-state index >= 15 is 0 Å². The van der Waals surface area contributed by atoms with Crippen LogP contribution in [-0.4, -0.2) is 38.3 Å². The van der Waals surface area contributed by atoms with E-state index in [9.17, 15) is 9.59 Å². The van der Waals surface area contributed by atoms with Gasteiger partial charge in [-0.3, -0.25) is 4.79 Å². The van der Waals surface area contributed by atoms with Crippen molar-refractivity contribution in [2.24, 2.45) is 0 Å². The maximum absolute atomic E-state index is 12.5. The van der Waals surface area contributed by atoms with Crippen LogP contribution in [0.25, 0.3) is 0 Å². The number of hydrogen-bond donors (Lipinski definition) is 1. The number of esters is 1. The quantitative estimate of drug-likeness (QED) is 0.599. The molecule has 2 aromatic rings. The first-order valence-electron chi connectivity index (χ1n) is 9.41. The van der Waals surface area contributed by atoms with Crippen molar-refractivity contribution in [3.63, 3.8) is 0 Å². The number of benzene rings is 2.